The fourth-order valence-electron chi connectivity index (χ4n) is 2.72. The monoisotopic (exact) mass is 398 g/mol. The van der Waals surface area contributed by atoms with Gasteiger partial charge in [-0.3, -0.25) is 9.80 Å². The van der Waals surface area contributed by atoms with E-state index in [1.54, 1.807) is 18.8 Å². The third kappa shape index (κ3) is 8.83. The molecule has 0 aromatic carbocycles. The second-order valence-corrected chi connectivity index (χ2v) is 10.5. The summed E-state index contributed by atoms with van der Waals surface area (Å²) in [4.78, 5) is 3.76. The van der Waals surface area contributed by atoms with E-state index in [0.717, 1.165) is 12.3 Å². The van der Waals surface area contributed by atoms with Gasteiger partial charge in [-0.1, -0.05) is 34.6 Å². The van der Waals surface area contributed by atoms with Gasteiger partial charge < -0.3 is 0 Å². The largest absolute Gasteiger partial charge is 0.404 e. The summed E-state index contributed by atoms with van der Waals surface area (Å²) >= 11 is 1.76. The molecule has 0 aromatic heterocycles. The zero-order valence-corrected chi connectivity index (χ0v) is 19.3. The van der Waals surface area contributed by atoms with E-state index in [2.05, 4.69) is 46.6 Å². The summed E-state index contributed by atoms with van der Waals surface area (Å²) in [5, 5.41) is 0.294. The van der Waals surface area contributed by atoms with Crippen molar-refractivity contribution in [3.8, 4) is 0 Å². The van der Waals surface area contributed by atoms with Crippen LogP contribution >= 0.6 is 11.8 Å². The van der Waals surface area contributed by atoms with E-state index in [-0.39, 0.29) is 23.8 Å². The lowest BCUT2D eigenvalue weighted by molar-refractivity contribution is -0.188. The van der Waals surface area contributed by atoms with Crippen LogP contribution in [0.15, 0.2) is 0 Å². The minimum absolute atomic E-state index is 0.0155. The topological polar surface area (TPSA) is 6.48 Å². The predicted molar refractivity (Wildman–Crippen MR) is 110 cm³/mol. The van der Waals surface area contributed by atoms with E-state index in [4.69, 9.17) is 0 Å². The first-order valence-electron chi connectivity index (χ1n) is 9.70. The van der Waals surface area contributed by atoms with E-state index in [1.165, 1.54) is 4.90 Å². The summed E-state index contributed by atoms with van der Waals surface area (Å²) in [6.07, 6.45) is -4.03. The van der Waals surface area contributed by atoms with Gasteiger partial charge in [0, 0.05) is 12.6 Å². The van der Waals surface area contributed by atoms with Gasteiger partial charge in [-0.2, -0.15) is 13.2 Å². The lowest BCUT2D eigenvalue weighted by Gasteiger charge is -2.37. The summed E-state index contributed by atoms with van der Waals surface area (Å²) < 4.78 is 40.3. The van der Waals surface area contributed by atoms with Crippen LogP contribution in [0.1, 0.15) is 61.8 Å². The molecule has 2 nitrogen and oxygen atoms in total. The number of hydrogen-bond donors (Lipinski definition) is 0. The molecule has 158 valence electrons. The quantitative estimate of drug-likeness (QED) is 0.396. The second-order valence-electron chi connectivity index (χ2n) is 9.15. The van der Waals surface area contributed by atoms with Crippen molar-refractivity contribution in [1.29, 1.82) is 0 Å². The average Bonchev–Trinajstić information content (AvgIpc) is 2.47. The van der Waals surface area contributed by atoms with Gasteiger partial charge >= 0.3 is 6.18 Å². The summed E-state index contributed by atoms with van der Waals surface area (Å²) in [5.74, 6) is 1.34. The van der Waals surface area contributed by atoms with Gasteiger partial charge in [-0.15, -0.1) is 11.8 Å². The lowest BCUT2D eigenvalue weighted by Crippen LogP contribution is -2.47. The Balaban J connectivity index is 4.65. The predicted octanol–water partition coefficient (Wildman–Crippen LogP) is 5.98. The van der Waals surface area contributed by atoms with Gasteiger partial charge in [0.1, 0.15) is 6.04 Å². The van der Waals surface area contributed by atoms with Crippen LogP contribution in [0, 0.1) is 17.3 Å². The average molecular weight is 399 g/mol. The molecule has 0 aliphatic rings. The molecular weight excluding hydrogens is 357 g/mol. The molecule has 0 radical (unpaired) electrons. The third-order valence-electron chi connectivity index (χ3n) is 5.77. The van der Waals surface area contributed by atoms with E-state index in [0.29, 0.717) is 11.3 Å². The first-order chi connectivity index (χ1) is 11.6. The fraction of sp³-hybridized carbons (Fsp3) is 1.00. The molecule has 3 unspecified atom stereocenters. The Morgan fingerprint density at radius 1 is 0.923 bits per heavy atom. The van der Waals surface area contributed by atoms with Crippen LogP contribution in [0.5, 0.6) is 0 Å². The highest BCUT2D eigenvalue weighted by Gasteiger charge is 2.43. The van der Waals surface area contributed by atoms with E-state index < -0.39 is 12.2 Å². The van der Waals surface area contributed by atoms with Crippen molar-refractivity contribution in [2.45, 2.75) is 85.4 Å². The van der Waals surface area contributed by atoms with Crippen molar-refractivity contribution in [2.24, 2.45) is 17.3 Å². The maximum absolute atomic E-state index is 13.4. The van der Waals surface area contributed by atoms with Crippen LogP contribution in [-0.2, 0) is 0 Å². The molecule has 0 saturated carbocycles. The SMILES string of the molecule is CC(CSC(C)N(C)CC(C)(C)C(C)C)CC(N(C)C(C)C)C(F)(F)F. The third-order valence-corrected chi connectivity index (χ3v) is 7.38. The van der Waals surface area contributed by atoms with Crippen molar-refractivity contribution in [3.05, 3.63) is 0 Å². The van der Waals surface area contributed by atoms with Crippen molar-refractivity contribution < 1.29 is 13.2 Å². The Kier molecular flexibility index (Phi) is 10.6. The summed E-state index contributed by atoms with van der Waals surface area (Å²) in [5.41, 5.74) is 0.219. The minimum Gasteiger partial charge on any atom is -0.294 e. The van der Waals surface area contributed by atoms with Gasteiger partial charge in [0.05, 0.1) is 5.37 Å². The van der Waals surface area contributed by atoms with Crippen molar-refractivity contribution in [3.63, 3.8) is 0 Å². The molecular formula is C20H41F3N2S. The van der Waals surface area contributed by atoms with Gasteiger partial charge in [-0.05, 0) is 64.3 Å². The Morgan fingerprint density at radius 3 is 1.81 bits per heavy atom. The molecule has 6 heteroatoms. The number of hydrogen-bond acceptors (Lipinski definition) is 3. The van der Waals surface area contributed by atoms with Crippen LogP contribution in [-0.4, -0.2) is 59.8 Å². The highest BCUT2D eigenvalue weighted by atomic mass is 32.2. The molecule has 0 aliphatic carbocycles. The minimum atomic E-state index is -4.18. The molecule has 0 spiro atoms. The van der Waals surface area contributed by atoms with E-state index in [9.17, 15) is 13.2 Å². The standard InChI is InChI=1S/C20H41F3N2S/c1-14(2)19(7,8)13-24(9)17(6)26-12-16(5)11-18(20(21,22)23)25(10)15(3)4/h14-18H,11-13H2,1-10H3. The normalized spacial score (nSPS) is 17.4. The Hall–Kier alpha value is 0.0600. The zero-order chi connectivity index (χ0) is 20.9. The fourth-order valence-corrected chi connectivity index (χ4v) is 3.80. The van der Waals surface area contributed by atoms with Gasteiger partial charge in [0.25, 0.3) is 0 Å². The number of halogens is 3. The Bertz CT molecular complexity index is 397. The highest BCUT2D eigenvalue weighted by Crippen LogP contribution is 2.32. The molecule has 0 aliphatic heterocycles. The van der Waals surface area contributed by atoms with Crippen molar-refractivity contribution in [1.82, 2.24) is 9.80 Å². The number of alkyl halides is 3. The van der Waals surface area contributed by atoms with E-state index in [1.807, 2.05) is 20.8 Å². The molecule has 0 rings (SSSR count). The van der Waals surface area contributed by atoms with Gasteiger partial charge in [0.2, 0.25) is 0 Å². The molecule has 0 fully saturated rings. The highest BCUT2D eigenvalue weighted by molar-refractivity contribution is 7.99. The molecule has 0 amide bonds. The number of thioether (sulfide) groups is 1. The molecule has 26 heavy (non-hydrogen) atoms. The molecule has 0 heterocycles. The van der Waals surface area contributed by atoms with Gasteiger partial charge in [-0.25, -0.2) is 0 Å². The Labute approximate surface area is 164 Å². The maximum atomic E-state index is 13.4. The number of nitrogens with zero attached hydrogens (tertiary/aromatic N) is 2. The van der Waals surface area contributed by atoms with Crippen molar-refractivity contribution in [2.75, 3.05) is 26.4 Å². The van der Waals surface area contributed by atoms with Crippen LogP contribution in [0.25, 0.3) is 0 Å². The maximum Gasteiger partial charge on any atom is 0.404 e. The number of rotatable bonds is 11. The van der Waals surface area contributed by atoms with Crippen LogP contribution in [0.3, 0.4) is 0 Å². The first-order valence-corrected chi connectivity index (χ1v) is 10.7. The zero-order valence-electron chi connectivity index (χ0n) is 18.4. The van der Waals surface area contributed by atoms with Crippen LogP contribution in [0.2, 0.25) is 0 Å². The van der Waals surface area contributed by atoms with Gasteiger partial charge in [0.15, 0.2) is 0 Å². The second kappa shape index (κ2) is 10.6. The Morgan fingerprint density at radius 2 is 1.42 bits per heavy atom. The molecule has 0 saturated heterocycles. The first kappa shape index (κ1) is 26.1. The van der Waals surface area contributed by atoms with Crippen LogP contribution < -0.4 is 0 Å². The lowest BCUT2D eigenvalue weighted by atomic mass is 9.81. The molecule has 0 N–H and O–H groups in total. The summed E-state index contributed by atoms with van der Waals surface area (Å²) in [6, 6.07) is -1.49. The molecule has 0 aromatic rings. The molecule has 0 bridgehead atoms. The van der Waals surface area contributed by atoms with Crippen molar-refractivity contribution >= 4 is 11.8 Å². The summed E-state index contributed by atoms with van der Waals surface area (Å²) in [7, 11) is 3.69. The van der Waals surface area contributed by atoms with E-state index >= 15 is 0 Å². The smallest absolute Gasteiger partial charge is 0.294 e. The molecule has 3 atom stereocenters. The summed E-state index contributed by atoms with van der Waals surface area (Å²) in [6.45, 7) is 17.7. The van der Waals surface area contributed by atoms with Crippen LogP contribution in [0.4, 0.5) is 13.2 Å².